The Labute approximate surface area is 180 Å². The van der Waals surface area contributed by atoms with Gasteiger partial charge in [-0.05, 0) is 56.3 Å². The van der Waals surface area contributed by atoms with Gasteiger partial charge in [0.25, 0.3) is 15.9 Å². The van der Waals surface area contributed by atoms with Crippen LogP contribution in [-0.4, -0.2) is 46.1 Å². The zero-order valence-corrected chi connectivity index (χ0v) is 18.0. The molecule has 0 aliphatic heterocycles. The summed E-state index contributed by atoms with van der Waals surface area (Å²) in [5.41, 5.74) is 0.238. The number of nitrogens with one attached hydrogen (secondary N) is 3. The number of hydrogen-bond donors (Lipinski definition) is 3. The number of ether oxygens (including phenoxy) is 2. The van der Waals surface area contributed by atoms with Gasteiger partial charge in [-0.3, -0.25) is 14.8 Å². The Morgan fingerprint density at radius 3 is 2.32 bits per heavy atom. The third kappa shape index (κ3) is 7.30. The highest BCUT2D eigenvalue weighted by Gasteiger charge is 2.18. The van der Waals surface area contributed by atoms with Crippen LogP contribution in [0.25, 0.3) is 0 Å². The first-order valence-corrected chi connectivity index (χ1v) is 10.6. The van der Waals surface area contributed by atoms with E-state index in [0.717, 1.165) is 6.07 Å². The topological polar surface area (TPSA) is 140 Å². The van der Waals surface area contributed by atoms with Crippen LogP contribution in [0.2, 0.25) is 0 Å². The summed E-state index contributed by atoms with van der Waals surface area (Å²) in [7, 11) is -2.48. The van der Waals surface area contributed by atoms with Gasteiger partial charge >= 0.3 is 12.0 Å². The first-order chi connectivity index (χ1) is 14.6. The lowest BCUT2D eigenvalue weighted by molar-refractivity contribution is -0.123. The van der Waals surface area contributed by atoms with Crippen molar-refractivity contribution in [3.8, 4) is 5.75 Å². The average Bonchev–Trinajstić information content (AvgIpc) is 2.71. The molecule has 2 aromatic carbocycles. The summed E-state index contributed by atoms with van der Waals surface area (Å²) in [4.78, 5) is 35.2. The van der Waals surface area contributed by atoms with Gasteiger partial charge in [0, 0.05) is 11.7 Å². The number of carbonyl (C=O) groups excluding carboxylic acids is 3. The molecule has 0 atom stereocenters. The van der Waals surface area contributed by atoms with Gasteiger partial charge in [0.1, 0.15) is 5.75 Å². The Morgan fingerprint density at radius 2 is 1.71 bits per heavy atom. The zero-order chi connectivity index (χ0) is 23.0. The highest BCUT2D eigenvalue weighted by Crippen LogP contribution is 2.20. The highest BCUT2D eigenvalue weighted by atomic mass is 32.2. The van der Waals surface area contributed by atoms with Gasteiger partial charge in [-0.25, -0.2) is 18.0 Å². The van der Waals surface area contributed by atoms with Gasteiger partial charge in [0.2, 0.25) is 0 Å². The lowest BCUT2D eigenvalue weighted by Crippen LogP contribution is -2.44. The van der Waals surface area contributed by atoms with E-state index in [9.17, 15) is 22.8 Å². The van der Waals surface area contributed by atoms with Crippen LogP contribution in [0, 0.1) is 0 Å². The lowest BCUT2D eigenvalue weighted by atomic mass is 10.2. The van der Waals surface area contributed by atoms with Crippen molar-refractivity contribution in [1.82, 2.24) is 10.6 Å². The molecule has 0 aromatic heterocycles. The molecule has 2 aromatic rings. The number of sulfonamides is 1. The number of imide groups is 1. The van der Waals surface area contributed by atoms with E-state index in [4.69, 9.17) is 9.47 Å². The smallest absolute Gasteiger partial charge is 0.338 e. The number of benzene rings is 2. The van der Waals surface area contributed by atoms with Gasteiger partial charge in [-0.1, -0.05) is 6.07 Å². The van der Waals surface area contributed by atoms with Gasteiger partial charge < -0.3 is 14.8 Å². The Hall–Kier alpha value is -3.60. The van der Waals surface area contributed by atoms with Gasteiger partial charge in [-0.15, -0.1) is 0 Å². The summed E-state index contributed by atoms with van der Waals surface area (Å²) in [5.74, 6) is -1.17. The molecule has 0 unspecified atom stereocenters. The molecule has 0 heterocycles. The second-order valence-electron chi connectivity index (χ2n) is 6.61. The van der Waals surface area contributed by atoms with E-state index in [1.54, 1.807) is 26.0 Å². The largest absolute Gasteiger partial charge is 0.497 e. The molecule has 0 saturated carbocycles. The second kappa shape index (κ2) is 10.4. The quantitative estimate of drug-likeness (QED) is 0.523. The standard InChI is InChI=1S/C20H23N3O7S/c1-13(2)21-20(26)22-18(24)12-30-19(25)14-5-4-6-17(11-14)31(27,28)23-15-7-9-16(29-3)10-8-15/h4-11,13,23H,12H2,1-3H3,(H2,21,22,24,26). The van der Waals surface area contributed by atoms with Crippen molar-refractivity contribution in [2.75, 3.05) is 18.4 Å². The fourth-order valence-corrected chi connectivity index (χ4v) is 3.44. The van der Waals surface area contributed by atoms with Crippen molar-refractivity contribution in [2.45, 2.75) is 24.8 Å². The number of anilines is 1. The predicted molar refractivity (Wildman–Crippen MR) is 112 cm³/mol. The van der Waals surface area contributed by atoms with Crippen LogP contribution in [0.4, 0.5) is 10.5 Å². The summed E-state index contributed by atoms with van der Waals surface area (Å²) < 4.78 is 37.5. The van der Waals surface area contributed by atoms with Crippen LogP contribution in [0.15, 0.2) is 53.4 Å². The maximum Gasteiger partial charge on any atom is 0.338 e. The number of methoxy groups -OCH3 is 1. The maximum atomic E-state index is 12.6. The van der Waals surface area contributed by atoms with Gasteiger partial charge in [0.15, 0.2) is 6.61 Å². The summed E-state index contributed by atoms with van der Waals surface area (Å²) in [5, 5.41) is 4.46. The monoisotopic (exact) mass is 449 g/mol. The minimum atomic E-state index is -3.98. The Morgan fingerprint density at radius 1 is 1.03 bits per heavy atom. The number of amides is 3. The molecular weight excluding hydrogens is 426 g/mol. The Balaban J connectivity index is 2.01. The van der Waals surface area contributed by atoms with Crippen LogP contribution < -0.4 is 20.1 Å². The van der Waals surface area contributed by atoms with E-state index in [-0.39, 0.29) is 16.5 Å². The Bertz CT molecular complexity index is 1050. The van der Waals surface area contributed by atoms with Crippen LogP contribution >= 0.6 is 0 Å². The number of rotatable bonds is 8. The number of carbonyl (C=O) groups is 3. The fraction of sp³-hybridized carbons (Fsp3) is 0.250. The first kappa shape index (κ1) is 23.7. The molecular formula is C20H23N3O7S. The molecule has 11 heteroatoms. The molecule has 0 saturated heterocycles. The van der Waals surface area contributed by atoms with Crippen LogP contribution in [0.1, 0.15) is 24.2 Å². The highest BCUT2D eigenvalue weighted by molar-refractivity contribution is 7.92. The molecule has 0 spiro atoms. The molecule has 0 bridgehead atoms. The molecule has 10 nitrogen and oxygen atoms in total. The third-order valence-electron chi connectivity index (χ3n) is 3.73. The van der Waals surface area contributed by atoms with Gasteiger partial charge in [-0.2, -0.15) is 0 Å². The van der Waals surface area contributed by atoms with Crippen molar-refractivity contribution in [3.05, 3.63) is 54.1 Å². The van der Waals surface area contributed by atoms with E-state index in [0.29, 0.717) is 11.4 Å². The molecule has 166 valence electrons. The molecule has 0 aliphatic carbocycles. The van der Waals surface area contributed by atoms with E-state index in [1.807, 2.05) is 5.32 Å². The number of urea groups is 1. The van der Waals surface area contributed by atoms with E-state index < -0.39 is 34.5 Å². The predicted octanol–water partition coefficient (Wildman–Crippen LogP) is 1.89. The van der Waals surface area contributed by atoms with Crippen molar-refractivity contribution in [3.63, 3.8) is 0 Å². The summed E-state index contributed by atoms with van der Waals surface area (Å²) in [6, 6.07) is 10.5. The van der Waals surface area contributed by atoms with Gasteiger partial charge in [0.05, 0.1) is 17.6 Å². The van der Waals surface area contributed by atoms with Crippen LogP contribution in [0.3, 0.4) is 0 Å². The van der Waals surface area contributed by atoms with Crippen molar-refractivity contribution in [1.29, 1.82) is 0 Å². The van der Waals surface area contributed by atoms with E-state index in [1.165, 1.54) is 37.4 Å². The van der Waals surface area contributed by atoms with Crippen molar-refractivity contribution >= 4 is 33.6 Å². The molecule has 0 aliphatic rings. The number of esters is 1. The van der Waals surface area contributed by atoms with Crippen molar-refractivity contribution in [2.24, 2.45) is 0 Å². The summed E-state index contributed by atoms with van der Waals surface area (Å²) >= 11 is 0. The first-order valence-electron chi connectivity index (χ1n) is 9.15. The molecule has 2 rings (SSSR count). The zero-order valence-electron chi connectivity index (χ0n) is 17.2. The number of hydrogen-bond acceptors (Lipinski definition) is 7. The molecule has 3 N–H and O–H groups in total. The SMILES string of the molecule is COc1ccc(NS(=O)(=O)c2cccc(C(=O)OCC(=O)NC(=O)NC(C)C)c2)cc1. The maximum absolute atomic E-state index is 12.6. The summed E-state index contributed by atoms with van der Waals surface area (Å²) in [6.45, 7) is 2.73. The lowest BCUT2D eigenvalue weighted by Gasteiger charge is -2.11. The molecule has 0 fully saturated rings. The van der Waals surface area contributed by atoms with E-state index in [2.05, 4.69) is 10.0 Å². The minimum Gasteiger partial charge on any atom is -0.497 e. The van der Waals surface area contributed by atoms with E-state index >= 15 is 0 Å². The molecule has 3 amide bonds. The fourth-order valence-electron chi connectivity index (χ4n) is 2.34. The molecule has 31 heavy (non-hydrogen) atoms. The van der Waals surface area contributed by atoms with Crippen LogP contribution in [-0.2, 0) is 19.6 Å². The second-order valence-corrected chi connectivity index (χ2v) is 8.30. The normalized spacial score (nSPS) is 10.8. The average molecular weight is 449 g/mol. The van der Waals surface area contributed by atoms with Crippen molar-refractivity contribution < 1.29 is 32.3 Å². The van der Waals surface area contributed by atoms with Crippen LogP contribution in [0.5, 0.6) is 5.75 Å². The molecule has 0 radical (unpaired) electrons. The minimum absolute atomic E-state index is 0.0722. The Kier molecular flexibility index (Phi) is 7.97. The third-order valence-corrected chi connectivity index (χ3v) is 5.11. The summed E-state index contributed by atoms with van der Waals surface area (Å²) in [6.07, 6.45) is 0.